The maximum absolute atomic E-state index is 12.4. The van der Waals surface area contributed by atoms with E-state index >= 15 is 0 Å². The molecule has 0 spiro atoms. The molecule has 0 unspecified atom stereocenters. The van der Waals surface area contributed by atoms with Crippen LogP contribution in [0.25, 0.3) is 0 Å². The first kappa shape index (κ1) is 16.0. The standard InChI is InChI=1S/C14H18BrF2NOS/c15-12-1-2-13(19-14(16)17)11(7-12)9-18-8-10-3-5-20-6-4-10/h1-2,7,10,14,18H,3-6,8-9H2. The Morgan fingerprint density at radius 1 is 1.35 bits per heavy atom. The molecule has 1 aromatic rings. The van der Waals surface area contributed by atoms with Crippen LogP contribution < -0.4 is 10.1 Å². The van der Waals surface area contributed by atoms with Crippen LogP contribution in [0.2, 0.25) is 0 Å². The van der Waals surface area contributed by atoms with Crippen LogP contribution in [0.3, 0.4) is 0 Å². The van der Waals surface area contributed by atoms with Gasteiger partial charge in [-0.25, -0.2) is 0 Å². The monoisotopic (exact) mass is 365 g/mol. The van der Waals surface area contributed by atoms with Gasteiger partial charge in [-0.05, 0) is 55.0 Å². The number of benzene rings is 1. The summed E-state index contributed by atoms with van der Waals surface area (Å²) in [7, 11) is 0. The molecule has 1 aliphatic heterocycles. The minimum absolute atomic E-state index is 0.245. The van der Waals surface area contributed by atoms with Gasteiger partial charge in [0, 0.05) is 16.6 Å². The van der Waals surface area contributed by atoms with E-state index in [1.807, 2.05) is 17.8 Å². The Balaban J connectivity index is 1.88. The molecule has 1 aliphatic rings. The van der Waals surface area contributed by atoms with Crippen molar-refractivity contribution in [2.45, 2.75) is 26.0 Å². The minimum atomic E-state index is -2.79. The molecule has 0 aliphatic carbocycles. The van der Waals surface area contributed by atoms with Crippen molar-refractivity contribution in [1.29, 1.82) is 0 Å². The molecule has 0 atom stereocenters. The highest BCUT2D eigenvalue weighted by atomic mass is 79.9. The second-order valence-corrected chi connectivity index (χ2v) is 6.96. The first-order valence-electron chi connectivity index (χ1n) is 6.67. The van der Waals surface area contributed by atoms with Crippen molar-refractivity contribution >= 4 is 27.7 Å². The van der Waals surface area contributed by atoms with E-state index in [1.165, 1.54) is 24.3 Å². The van der Waals surface area contributed by atoms with Crippen molar-refractivity contribution < 1.29 is 13.5 Å². The van der Waals surface area contributed by atoms with Crippen molar-refractivity contribution in [3.05, 3.63) is 28.2 Å². The molecule has 1 heterocycles. The Kier molecular flexibility index (Phi) is 6.58. The molecule has 0 radical (unpaired) electrons. The lowest BCUT2D eigenvalue weighted by Crippen LogP contribution is -2.25. The maximum atomic E-state index is 12.4. The van der Waals surface area contributed by atoms with Crippen molar-refractivity contribution in [3.8, 4) is 5.75 Å². The number of nitrogens with one attached hydrogen (secondary N) is 1. The molecule has 1 saturated heterocycles. The average molecular weight is 366 g/mol. The van der Waals surface area contributed by atoms with Gasteiger partial charge in [0.15, 0.2) is 0 Å². The van der Waals surface area contributed by atoms with Gasteiger partial charge < -0.3 is 10.1 Å². The van der Waals surface area contributed by atoms with Crippen LogP contribution in [0.1, 0.15) is 18.4 Å². The zero-order chi connectivity index (χ0) is 14.4. The van der Waals surface area contributed by atoms with Gasteiger partial charge in [0.2, 0.25) is 0 Å². The number of alkyl halides is 2. The highest BCUT2D eigenvalue weighted by molar-refractivity contribution is 9.10. The third-order valence-corrected chi connectivity index (χ3v) is 4.87. The predicted octanol–water partition coefficient (Wildman–Crippen LogP) is 4.28. The molecule has 20 heavy (non-hydrogen) atoms. The summed E-state index contributed by atoms with van der Waals surface area (Å²) in [6.07, 6.45) is 2.47. The van der Waals surface area contributed by atoms with Crippen molar-refractivity contribution in [3.63, 3.8) is 0 Å². The summed E-state index contributed by atoms with van der Waals surface area (Å²) < 4.78 is 30.1. The molecule has 6 heteroatoms. The van der Waals surface area contributed by atoms with Crippen LogP contribution in [0.4, 0.5) is 8.78 Å². The van der Waals surface area contributed by atoms with Crippen LogP contribution in [0, 0.1) is 5.92 Å². The fraction of sp³-hybridized carbons (Fsp3) is 0.571. The summed E-state index contributed by atoms with van der Waals surface area (Å²) in [4.78, 5) is 0. The second kappa shape index (κ2) is 8.20. The average Bonchev–Trinajstić information content (AvgIpc) is 2.42. The smallest absolute Gasteiger partial charge is 0.387 e. The fourth-order valence-electron chi connectivity index (χ4n) is 2.26. The van der Waals surface area contributed by atoms with Crippen LogP contribution in [0.15, 0.2) is 22.7 Å². The molecular weight excluding hydrogens is 348 g/mol. The number of hydrogen-bond acceptors (Lipinski definition) is 3. The van der Waals surface area contributed by atoms with Gasteiger partial charge in [0.25, 0.3) is 0 Å². The first-order chi connectivity index (χ1) is 9.65. The third kappa shape index (κ3) is 5.22. The summed E-state index contributed by atoms with van der Waals surface area (Å²) in [5, 5.41) is 3.36. The maximum Gasteiger partial charge on any atom is 0.387 e. The van der Waals surface area contributed by atoms with E-state index in [1.54, 1.807) is 12.1 Å². The van der Waals surface area contributed by atoms with E-state index in [4.69, 9.17) is 0 Å². The first-order valence-corrected chi connectivity index (χ1v) is 8.61. The Labute approximate surface area is 130 Å². The normalized spacial score (nSPS) is 16.6. The summed E-state index contributed by atoms with van der Waals surface area (Å²) in [6, 6.07) is 5.10. The zero-order valence-electron chi connectivity index (χ0n) is 11.1. The number of thioether (sulfide) groups is 1. The number of halogens is 3. The third-order valence-electron chi connectivity index (χ3n) is 3.33. The van der Waals surface area contributed by atoms with E-state index in [0.29, 0.717) is 12.5 Å². The van der Waals surface area contributed by atoms with E-state index in [9.17, 15) is 8.78 Å². The van der Waals surface area contributed by atoms with Gasteiger partial charge in [-0.3, -0.25) is 0 Å². The molecule has 0 aromatic heterocycles. The van der Waals surface area contributed by atoms with E-state index in [2.05, 4.69) is 26.0 Å². The molecule has 1 fully saturated rings. The zero-order valence-corrected chi connectivity index (χ0v) is 13.5. The second-order valence-electron chi connectivity index (χ2n) is 4.82. The Morgan fingerprint density at radius 3 is 2.80 bits per heavy atom. The predicted molar refractivity (Wildman–Crippen MR) is 82.5 cm³/mol. The highest BCUT2D eigenvalue weighted by Crippen LogP contribution is 2.25. The van der Waals surface area contributed by atoms with Crippen LogP contribution in [-0.2, 0) is 6.54 Å². The Bertz CT molecular complexity index is 428. The Morgan fingerprint density at radius 2 is 2.10 bits per heavy atom. The van der Waals surface area contributed by atoms with Crippen LogP contribution >= 0.6 is 27.7 Å². The molecule has 1 N–H and O–H groups in total. The van der Waals surface area contributed by atoms with Gasteiger partial charge in [-0.2, -0.15) is 20.5 Å². The van der Waals surface area contributed by atoms with Gasteiger partial charge in [-0.1, -0.05) is 15.9 Å². The Hall–Kier alpha value is -0.330. The number of rotatable bonds is 6. The molecule has 112 valence electrons. The molecule has 1 aromatic carbocycles. The lowest BCUT2D eigenvalue weighted by Gasteiger charge is -2.22. The van der Waals surface area contributed by atoms with E-state index in [0.717, 1.165) is 16.6 Å². The van der Waals surface area contributed by atoms with Gasteiger partial charge in [0.05, 0.1) is 0 Å². The molecule has 0 saturated carbocycles. The number of ether oxygens (including phenoxy) is 1. The topological polar surface area (TPSA) is 21.3 Å². The van der Waals surface area contributed by atoms with Crippen LogP contribution in [0.5, 0.6) is 5.75 Å². The summed E-state index contributed by atoms with van der Waals surface area (Å²) in [5.74, 6) is 3.39. The fourth-order valence-corrected chi connectivity index (χ4v) is 3.87. The molecule has 2 rings (SSSR count). The van der Waals surface area contributed by atoms with E-state index in [-0.39, 0.29) is 5.75 Å². The van der Waals surface area contributed by atoms with Crippen molar-refractivity contribution in [1.82, 2.24) is 5.32 Å². The van der Waals surface area contributed by atoms with E-state index < -0.39 is 6.61 Å². The van der Waals surface area contributed by atoms with Gasteiger partial charge in [0.1, 0.15) is 5.75 Å². The summed E-state index contributed by atoms with van der Waals surface area (Å²) in [5.41, 5.74) is 0.754. The SMILES string of the molecule is FC(F)Oc1ccc(Br)cc1CNCC1CCSCC1. The quantitative estimate of drug-likeness (QED) is 0.812. The highest BCUT2D eigenvalue weighted by Gasteiger charge is 2.14. The lowest BCUT2D eigenvalue weighted by molar-refractivity contribution is -0.0505. The molecule has 0 amide bonds. The number of hydrogen-bond donors (Lipinski definition) is 1. The van der Waals surface area contributed by atoms with Gasteiger partial charge >= 0.3 is 6.61 Å². The van der Waals surface area contributed by atoms with Gasteiger partial charge in [-0.15, -0.1) is 0 Å². The van der Waals surface area contributed by atoms with Crippen molar-refractivity contribution in [2.75, 3.05) is 18.1 Å². The summed E-state index contributed by atoms with van der Waals surface area (Å²) in [6.45, 7) is -1.31. The molecule has 0 bridgehead atoms. The van der Waals surface area contributed by atoms with Crippen molar-refractivity contribution in [2.24, 2.45) is 5.92 Å². The van der Waals surface area contributed by atoms with Crippen LogP contribution in [-0.4, -0.2) is 24.7 Å². The largest absolute Gasteiger partial charge is 0.434 e. The molecular formula is C14H18BrF2NOS. The summed E-state index contributed by atoms with van der Waals surface area (Å²) >= 11 is 5.36. The minimum Gasteiger partial charge on any atom is -0.434 e. The lowest BCUT2D eigenvalue weighted by atomic mass is 10.0. The molecule has 2 nitrogen and oxygen atoms in total.